The highest BCUT2D eigenvalue weighted by Gasteiger charge is 2.10. The number of amides is 1. The van der Waals surface area contributed by atoms with Crippen LogP contribution in [0.25, 0.3) is 0 Å². The van der Waals surface area contributed by atoms with Crippen LogP contribution in [-0.2, 0) is 0 Å². The normalized spacial score (nSPS) is 9.83. The van der Waals surface area contributed by atoms with Gasteiger partial charge < -0.3 is 15.5 Å². The predicted octanol–water partition coefficient (Wildman–Crippen LogP) is -0.440. The molecule has 0 fully saturated rings. The number of hydrogen-bond acceptors (Lipinski definition) is 2. The van der Waals surface area contributed by atoms with E-state index in [-0.39, 0.29) is 5.91 Å². The quantitative estimate of drug-likeness (QED) is 0.644. The predicted molar refractivity (Wildman–Crippen MR) is 43.5 cm³/mol. The van der Waals surface area contributed by atoms with Crippen LogP contribution in [0.2, 0.25) is 0 Å². The van der Waals surface area contributed by atoms with E-state index >= 15 is 0 Å². The molecule has 0 atom stereocenters. The summed E-state index contributed by atoms with van der Waals surface area (Å²) in [6.07, 6.45) is 1.51. The summed E-state index contributed by atoms with van der Waals surface area (Å²) in [7, 11) is 0. The highest BCUT2D eigenvalue weighted by molar-refractivity contribution is 5.92. The van der Waals surface area contributed by atoms with Crippen molar-refractivity contribution < 1.29 is 14.9 Å². The number of quaternary nitrogens is 1. The van der Waals surface area contributed by atoms with E-state index in [1.54, 1.807) is 6.07 Å². The first kappa shape index (κ1) is 8.80. The summed E-state index contributed by atoms with van der Waals surface area (Å²) >= 11 is 0. The molecule has 1 rings (SSSR count). The van der Waals surface area contributed by atoms with E-state index in [0.29, 0.717) is 18.8 Å². The van der Waals surface area contributed by atoms with E-state index in [4.69, 9.17) is 4.42 Å². The molecule has 0 aliphatic rings. The minimum atomic E-state index is -0.166. The van der Waals surface area contributed by atoms with Crippen LogP contribution in [0, 0.1) is 6.92 Å². The maximum Gasteiger partial charge on any atom is 0.287 e. The Bertz CT molecular complexity index is 268. The van der Waals surface area contributed by atoms with Crippen molar-refractivity contribution in [3.8, 4) is 0 Å². The van der Waals surface area contributed by atoms with Crippen molar-refractivity contribution in [2.24, 2.45) is 0 Å². The molecule has 0 saturated heterocycles. The largest absolute Gasteiger partial charge is 0.459 e. The van der Waals surface area contributed by atoms with Gasteiger partial charge in [-0.25, -0.2) is 0 Å². The maximum atomic E-state index is 11.3. The molecule has 0 aliphatic carbocycles. The fourth-order valence-electron chi connectivity index (χ4n) is 0.888. The van der Waals surface area contributed by atoms with Crippen LogP contribution in [0.5, 0.6) is 0 Å². The first-order valence-corrected chi connectivity index (χ1v) is 3.87. The van der Waals surface area contributed by atoms with Crippen molar-refractivity contribution in [2.45, 2.75) is 6.92 Å². The number of aryl methyl sites for hydroxylation is 1. The molecular formula is C8H13N2O2+. The molecule has 0 aliphatic heterocycles. The Balaban J connectivity index is 2.59. The minimum absolute atomic E-state index is 0.166. The summed E-state index contributed by atoms with van der Waals surface area (Å²) in [5, 5.41) is 2.68. The van der Waals surface area contributed by atoms with Gasteiger partial charge in [0.15, 0.2) is 5.76 Å². The van der Waals surface area contributed by atoms with Crippen LogP contribution < -0.4 is 11.1 Å². The average molecular weight is 169 g/mol. The van der Waals surface area contributed by atoms with Gasteiger partial charge in [-0.1, -0.05) is 0 Å². The number of hydrogen-bond donors (Lipinski definition) is 2. The van der Waals surface area contributed by atoms with Gasteiger partial charge in [-0.3, -0.25) is 4.79 Å². The topological polar surface area (TPSA) is 69.9 Å². The van der Waals surface area contributed by atoms with E-state index in [2.05, 4.69) is 11.1 Å². The molecule has 0 spiro atoms. The molecule has 4 nitrogen and oxygen atoms in total. The van der Waals surface area contributed by atoms with Gasteiger partial charge in [0.1, 0.15) is 0 Å². The molecule has 66 valence electrons. The highest BCUT2D eigenvalue weighted by atomic mass is 16.3. The third-order valence-corrected chi connectivity index (χ3v) is 1.53. The number of furan rings is 1. The Labute approximate surface area is 70.7 Å². The fraction of sp³-hybridized carbons (Fsp3) is 0.375. The van der Waals surface area contributed by atoms with Gasteiger partial charge >= 0.3 is 0 Å². The van der Waals surface area contributed by atoms with E-state index in [9.17, 15) is 4.79 Å². The lowest BCUT2D eigenvalue weighted by molar-refractivity contribution is -0.364. The molecule has 1 aromatic heterocycles. The van der Waals surface area contributed by atoms with Crippen molar-refractivity contribution in [3.05, 3.63) is 23.7 Å². The molecule has 0 bridgehead atoms. The molecule has 12 heavy (non-hydrogen) atoms. The molecule has 1 heterocycles. The summed E-state index contributed by atoms with van der Waals surface area (Å²) in [5.74, 6) is 0.226. The van der Waals surface area contributed by atoms with Crippen molar-refractivity contribution in [1.82, 2.24) is 5.32 Å². The van der Waals surface area contributed by atoms with Crippen molar-refractivity contribution in [1.29, 1.82) is 0 Å². The summed E-state index contributed by atoms with van der Waals surface area (Å²) in [6, 6.07) is 1.76. The van der Waals surface area contributed by atoms with Gasteiger partial charge in [-0.15, -0.1) is 0 Å². The smallest absolute Gasteiger partial charge is 0.287 e. The molecule has 1 aromatic rings. The molecule has 0 radical (unpaired) electrons. The van der Waals surface area contributed by atoms with Crippen molar-refractivity contribution in [2.75, 3.05) is 13.1 Å². The lowest BCUT2D eigenvalue weighted by Gasteiger charge is -1.99. The van der Waals surface area contributed by atoms with Crippen LogP contribution in [0.4, 0.5) is 0 Å². The molecule has 4 heteroatoms. The second-order valence-corrected chi connectivity index (χ2v) is 2.54. The van der Waals surface area contributed by atoms with E-state index in [0.717, 1.165) is 5.56 Å². The SMILES string of the molecule is Cc1ccoc1C(=O)NCC[NH3+]. The first-order chi connectivity index (χ1) is 5.75. The number of nitrogens with one attached hydrogen (secondary N) is 1. The van der Waals surface area contributed by atoms with Gasteiger partial charge in [0.2, 0.25) is 0 Å². The van der Waals surface area contributed by atoms with Gasteiger partial charge in [0, 0.05) is 5.56 Å². The minimum Gasteiger partial charge on any atom is -0.459 e. The van der Waals surface area contributed by atoms with Gasteiger partial charge in [-0.2, -0.15) is 0 Å². The van der Waals surface area contributed by atoms with Crippen LogP contribution in [-0.4, -0.2) is 19.0 Å². The Morgan fingerprint density at radius 3 is 3.00 bits per heavy atom. The zero-order chi connectivity index (χ0) is 8.97. The molecule has 0 aromatic carbocycles. The maximum absolute atomic E-state index is 11.3. The Hall–Kier alpha value is -1.29. The summed E-state index contributed by atoms with van der Waals surface area (Å²) in [4.78, 5) is 11.3. The Morgan fingerprint density at radius 2 is 2.50 bits per heavy atom. The first-order valence-electron chi connectivity index (χ1n) is 3.87. The number of carbonyl (C=O) groups excluding carboxylic acids is 1. The van der Waals surface area contributed by atoms with Gasteiger partial charge in [-0.05, 0) is 13.0 Å². The van der Waals surface area contributed by atoms with Crippen LogP contribution in [0.1, 0.15) is 16.1 Å². The molecular weight excluding hydrogens is 156 g/mol. The van der Waals surface area contributed by atoms with E-state index in [1.807, 2.05) is 6.92 Å². The van der Waals surface area contributed by atoms with Crippen molar-refractivity contribution >= 4 is 5.91 Å². The van der Waals surface area contributed by atoms with Crippen LogP contribution in [0.15, 0.2) is 16.7 Å². The number of carbonyl (C=O) groups is 1. The Morgan fingerprint density at radius 1 is 1.75 bits per heavy atom. The van der Waals surface area contributed by atoms with E-state index < -0.39 is 0 Å². The second-order valence-electron chi connectivity index (χ2n) is 2.54. The third-order valence-electron chi connectivity index (χ3n) is 1.53. The third kappa shape index (κ3) is 1.85. The monoisotopic (exact) mass is 169 g/mol. The molecule has 0 saturated carbocycles. The zero-order valence-electron chi connectivity index (χ0n) is 7.09. The van der Waals surface area contributed by atoms with Gasteiger partial charge in [0.05, 0.1) is 19.4 Å². The zero-order valence-corrected chi connectivity index (χ0v) is 7.09. The van der Waals surface area contributed by atoms with Gasteiger partial charge in [0.25, 0.3) is 5.91 Å². The van der Waals surface area contributed by atoms with Crippen LogP contribution in [0.3, 0.4) is 0 Å². The Kier molecular flexibility index (Phi) is 2.88. The lowest BCUT2D eigenvalue weighted by atomic mass is 10.3. The number of rotatable bonds is 3. The van der Waals surface area contributed by atoms with Crippen molar-refractivity contribution in [3.63, 3.8) is 0 Å². The average Bonchev–Trinajstić information content (AvgIpc) is 2.47. The lowest BCUT2D eigenvalue weighted by Crippen LogP contribution is -2.54. The summed E-state index contributed by atoms with van der Waals surface area (Å²) in [6.45, 7) is 3.10. The summed E-state index contributed by atoms with van der Waals surface area (Å²) in [5.41, 5.74) is 4.47. The second kappa shape index (κ2) is 3.92. The molecule has 0 unspecified atom stereocenters. The standard InChI is InChI=1S/C8H12N2O2/c1-6-2-5-12-7(6)8(11)10-4-3-9/h2,5H,3-4,9H2,1H3,(H,10,11)/p+1. The summed E-state index contributed by atoms with van der Waals surface area (Å²) < 4.78 is 4.99. The molecule has 1 amide bonds. The fourth-order valence-corrected chi connectivity index (χ4v) is 0.888. The van der Waals surface area contributed by atoms with E-state index in [1.165, 1.54) is 6.26 Å². The highest BCUT2D eigenvalue weighted by Crippen LogP contribution is 2.07. The van der Waals surface area contributed by atoms with Crippen LogP contribution >= 0.6 is 0 Å². The molecule has 4 N–H and O–H groups in total.